The van der Waals surface area contributed by atoms with Gasteiger partial charge in [0.05, 0.1) is 11.3 Å². The number of carboxylic acid groups (broad SMARTS) is 1. The van der Waals surface area contributed by atoms with Gasteiger partial charge >= 0.3 is 12.1 Å². The quantitative estimate of drug-likeness (QED) is 0.868. The smallest absolute Gasteiger partial charge is 0.416 e. The zero-order chi connectivity index (χ0) is 17.4. The van der Waals surface area contributed by atoms with E-state index >= 15 is 0 Å². The molecule has 2 rings (SSSR count). The molecule has 124 valence electrons. The fourth-order valence-electron chi connectivity index (χ4n) is 2.21. The minimum atomic E-state index is -4.49. The Labute approximate surface area is 127 Å². The lowest BCUT2D eigenvalue weighted by Gasteiger charge is -2.07. The first kappa shape index (κ1) is 16.9. The highest BCUT2D eigenvalue weighted by molar-refractivity contribution is 5.90. The Morgan fingerprint density at radius 3 is 2.26 bits per heavy atom. The average Bonchev–Trinajstić information content (AvgIpc) is 2.75. The summed E-state index contributed by atoms with van der Waals surface area (Å²) in [5.41, 5.74) is -2.01. The van der Waals surface area contributed by atoms with Crippen LogP contribution in [0.25, 0.3) is 0 Å². The number of hydrogen-bond donors (Lipinski definition) is 1. The van der Waals surface area contributed by atoms with Gasteiger partial charge in [-0.3, -0.25) is 4.68 Å². The molecule has 0 spiro atoms. The van der Waals surface area contributed by atoms with Crippen molar-refractivity contribution in [3.05, 3.63) is 52.3 Å². The number of hydrogen-bond acceptors (Lipinski definition) is 2. The Hall–Kier alpha value is -2.45. The first-order valence-corrected chi connectivity index (χ1v) is 6.34. The van der Waals surface area contributed by atoms with Crippen molar-refractivity contribution in [3.8, 4) is 0 Å². The van der Waals surface area contributed by atoms with Gasteiger partial charge in [0.15, 0.2) is 0 Å². The van der Waals surface area contributed by atoms with Gasteiger partial charge in [-0.15, -0.1) is 0 Å². The van der Waals surface area contributed by atoms with Gasteiger partial charge < -0.3 is 5.11 Å². The normalized spacial score (nSPS) is 12.0. The van der Waals surface area contributed by atoms with Crippen molar-refractivity contribution in [1.29, 1.82) is 0 Å². The molecule has 0 saturated heterocycles. The molecule has 0 unspecified atom stereocenters. The second-order valence-corrected chi connectivity index (χ2v) is 4.81. The summed E-state index contributed by atoms with van der Waals surface area (Å²) in [6.07, 6.45) is -7.68. The summed E-state index contributed by atoms with van der Waals surface area (Å²) < 4.78 is 64.1. The predicted octanol–water partition coefficient (Wildman–Crippen LogP) is 3.67. The minimum Gasteiger partial charge on any atom is -0.478 e. The lowest BCUT2D eigenvalue weighted by Crippen LogP contribution is -2.07. The molecular weight excluding hydrogens is 323 g/mol. The van der Waals surface area contributed by atoms with Gasteiger partial charge in [0.25, 0.3) is 6.43 Å². The monoisotopic (exact) mass is 334 g/mol. The van der Waals surface area contributed by atoms with E-state index < -0.39 is 35.4 Å². The number of halogens is 5. The summed E-state index contributed by atoms with van der Waals surface area (Å²) in [6.45, 7) is 0. The van der Waals surface area contributed by atoms with E-state index in [9.17, 15) is 26.7 Å². The highest BCUT2D eigenvalue weighted by Gasteiger charge is 2.30. The Kier molecular flexibility index (Phi) is 4.39. The van der Waals surface area contributed by atoms with Crippen LogP contribution in [0.15, 0.2) is 24.3 Å². The largest absolute Gasteiger partial charge is 0.478 e. The summed E-state index contributed by atoms with van der Waals surface area (Å²) in [6, 6.07) is 4.00. The molecule has 23 heavy (non-hydrogen) atoms. The first-order valence-electron chi connectivity index (χ1n) is 6.34. The van der Waals surface area contributed by atoms with Gasteiger partial charge in [-0.1, -0.05) is 12.1 Å². The standard InChI is InChI=1S/C14H11F5N2O2/c1-21-11(12(15)16)10(13(22)23)9(20-21)6-7-2-4-8(5-3-7)14(17,18)19/h2-5,12H,6H2,1H3,(H,22,23). The summed E-state index contributed by atoms with van der Waals surface area (Å²) in [5.74, 6) is -1.56. The topological polar surface area (TPSA) is 55.1 Å². The van der Waals surface area contributed by atoms with Crippen LogP contribution in [0.2, 0.25) is 0 Å². The van der Waals surface area contributed by atoms with E-state index in [2.05, 4.69) is 5.10 Å². The highest BCUT2D eigenvalue weighted by atomic mass is 19.4. The van der Waals surface area contributed by atoms with Crippen molar-refractivity contribution in [1.82, 2.24) is 9.78 Å². The molecular formula is C14H11F5N2O2. The van der Waals surface area contributed by atoms with Crippen LogP contribution >= 0.6 is 0 Å². The van der Waals surface area contributed by atoms with Crippen molar-refractivity contribution in [2.75, 3.05) is 0 Å². The maximum atomic E-state index is 12.9. The van der Waals surface area contributed by atoms with Crippen molar-refractivity contribution in [2.24, 2.45) is 7.05 Å². The van der Waals surface area contributed by atoms with Crippen LogP contribution < -0.4 is 0 Å². The third-order valence-electron chi connectivity index (χ3n) is 3.24. The molecule has 0 atom stereocenters. The summed E-state index contributed by atoms with van der Waals surface area (Å²) in [5, 5.41) is 12.9. The molecule has 0 aliphatic carbocycles. The van der Waals surface area contributed by atoms with E-state index in [1.54, 1.807) is 0 Å². The Morgan fingerprint density at radius 1 is 1.26 bits per heavy atom. The fourth-order valence-corrected chi connectivity index (χ4v) is 2.21. The van der Waals surface area contributed by atoms with Gasteiger partial charge in [0, 0.05) is 13.5 Å². The highest BCUT2D eigenvalue weighted by Crippen LogP contribution is 2.30. The molecule has 1 heterocycles. The van der Waals surface area contributed by atoms with Crippen LogP contribution in [-0.2, 0) is 19.6 Å². The van der Waals surface area contributed by atoms with Gasteiger partial charge in [-0.25, -0.2) is 13.6 Å². The number of aromatic nitrogens is 2. The zero-order valence-electron chi connectivity index (χ0n) is 11.7. The molecule has 9 heteroatoms. The molecule has 1 N–H and O–H groups in total. The van der Waals surface area contributed by atoms with E-state index in [1.807, 2.05) is 0 Å². The first-order chi connectivity index (χ1) is 10.6. The third kappa shape index (κ3) is 3.49. The average molecular weight is 334 g/mol. The number of benzene rings is 1. The third-order valence-corrected chi connectivity index (χ3v) is 3.24. The summed E-state index contributed by atoms with van der Waals surface area (Å²) in [7, 11) is 1.18. The van der Waals surface area contributed by atoms with Crippen LogP contribution in [0.1, 0.15) is 39.3 Å². The second kappa shape index (κ2) is 5.98. The number of alkyl halides is 5. The Morgan fingerprint density at radius 2 is 1.83 bits per heavy atom. The van der Waals surface area contributed by atoms with Gasteiger partial charge in [0.1, 0.15) is 11.3 Å². The molecule has 0 amide bonds. The van der Waals surface area contributed by atoms with Crippen LogP contribution in [0.5, 0.6) is 0 Å². The Balaban J connectivity index is 2.37. The predicted molar refractivity (Wildman–Crippen MR) is 69.4 cm³/mol. The molecule has 1 aromatic heterocycles. The van der Waals surface area contributed by atoms with Gasteiger partial charge in [-0.2, -0.15) is 18.3 Å². The molecule has 1 aromatic carbocycles. The number of nitrogens with zero attached hydrogens (tertiary/aromatic N) is 2. The number of rotatable bonds is 4. The van der Waals surface area contributed by atoms with E-state index in [0.717, 1.165) is 28.9 Å². The second-order valence-electron chi connectivity index (χ2n) is 4.81. The van der Waals surface area contributed by atoms with Crippen LogP contribution in [0.3, 0.4) is 0 Å². The van der Waals surface area contributed by atoms with Crippen LogP contribution in [0, 0.1) is 0 Å². The van der Waals surface area contributed by atoms with Crippen LogP contribution in [0.4, 0.5) is 22.0 Å². The maximum Gasteiger partial charge on any atom is 0.416 e. The van der Waals surface area contributed by atoms with Crippen molar-refractivity contribution in [3.63, 3.8) is 0 Å². The molecule has 2 aromatic rings. The molecule has 0 aliphatic rings. The van der Waals surface area contributed by atoms with E-state index in [0.29, 0.717) is 5.56 Å². The van der Waals surface area contributed by atoms with E-state index in [4.69, 9.17) is 5.11 Å². The van der Waals surface area contributed by atoms with Gasteiger partial charge in [-0.05, 0) is 17.7 Å². The fraction of sp³-hybridized carbons (Fsp3) is 0.286. The van der Waals surface area contributed by atoms with Crippen molar-refractivity contribution >= 4 is 5.97 Å². The SMILES string of the molecule is Cn1nc(Cc2ccc(C(F)(F)F)cc2)c(C(=O)O)c1C(F)F. The molecule has 0 fully saturated rings. The van der Waals surface area contributed by atoms with E-state index in [-0.39, 0.29) is 12.1 Å². The van der Waals surface area contributed by atoms with Crippen LogP contribution in [-0.4, -0.2) is 20.9 Å². The lowest BCUT2D eigenvalue weighted by atomic mass is 10.0. The van der Waals surface area contributed by atoms with E-state index in [1.165, 1.54) is 7.05 Å². The minimum absolute atomic E-state index is 0.130. The van der Waals surface area contributed by atoms with Crippen molar-refractivity contribution < 1.29 is 31.9 Å². The zero-order valence-corrected chi connectivity index (χ0v) is 11.7. The van der Waals surface area contributed by atoms with Crippen molar-refractivity contribution in [2.45, 2.75) is 19.0 Å². The Bertz CT molecular complexity index is 720. The maximum absolute atomic E-state index is 12.9. The lowest BCUT2D eigenvalue weighted by molar-refractivity contribution is -0.137. The molecule has 0 radical (unpaired) electrons. The summed E-state index contributed by atoms with van der Waals surface area (Å²) in [4.78, 5) is 11.2. The van der Waals surface area contributed by atoms with Gasteiger partial charge in [0.2, 0.25) is 0 Å². The molecule has 0 aliphatic heterocycles. The summed E-state index contributed by atoms with van der Waals surface area (Å²) >= 11 is 0. The molecule has 0 bridgehead atoms. The number of aryl methyl sites for hydroxylation is 1. The molecule has 4 nitrogen and oxygen atoms in total. The molecule has 0 saturated carbocycles. The number of carbonyl (C=O) groups is 1. The number of aromatic carboxylic acids is 1. The number of carboxylic acids is 1.